The zero-order valence-corrected chi connectivity index (χ0v) is 22.0. The fourth-order valence-electron chi connectivity index (χ4n) is 5.06. The molecule has 1 aromatic heterocycles. The van der Waals surface area contributed by atoms with Crippen molar-refractivity contribution in [3.63, 3.8) is 0 Å². The van der Waals surface area contributed by atoms with Gasteiger partial charge in [-0.15, -0.1) is 0 Å². The molecule has 0 aromatic carbocycles. The lowest BCUT2D eigenvalue weighted by atomic mass is 9.98. The summed E-state index contributed by atoms with van der Waals surface area (Å²) >= 11 is 6.61. The Balaban J connectivity index is 1.84. The van der Waals surface area contributed by atoms with Crippen LogP contribution in [-0.4, -0.2) is 58.7 Å². The van der Waals surface area contributed by atoms with Crippen LogP contribution in [0.4, 0.5) is 5.82 Å². The highest BCUT2D eigenvalue weighted by atomic mass is 32.2. The molecule has 0 spiro atoms. The molecule has 2 atom stereocenters. The number of aromatic nitrogens is 1. The van der Waals surface area contributed by atoms with Crippen LogP contribution in [0.15, 0.2) is 9.70 Å². The highest BCUT2D eigenvalue weighted by Gasteiger charge is 2.42. The van der Waals surface area contributed by atoms with Gasteiger partial charge >= 0.3 is 0 Å². The van der Waals surface area contributed by atoms with Gasteiger partial charge in [0, 0.05) is 25.2 Å². The van der Waals surface area contributed by atoms with E-state index in [4.69, 9.17) is 12.2 Å². The Kier molecular flexibility index (Phi) is 6.95. The van der Waals surface area contributed by atoms with Crippen LogP contribution in [0.25, 0.3) is 6.08 Å². The maximum atomic E-state index is 13.4. The van der Waals surface area contributed by atoms with Gasteiger partial charge in [-0.05, 0) is 50.7 Å². The van der Waals surface area contributed by atoms with Crippen molar-refractivity contribution in [2.45, 2.75) is 52.6 Å². The van der Waals surface area contributed by atoms with E-state index in [9.17, 15) is 23.3 Å². The first kappa shape index (κ1) is 24.9. The van der Waals surface area contributed by atoms with E-state index in [1.165, 1.54) is 4.90 Å². The molecule has 182 valence electrons. The van der Waals surface area contributed by atoms with Crippen molar-refractivity contribution in [2.24, 2.45) is 5.92 Å². The van der Waals surface area contributed by atoms with Crippen molar-refractivity contribution >= 4 is 55.9 Å². The summed E-state index contributed by atoms with van der Waals surface area (Å²) in [7, 11) is -3.18. The third kappa shape index (κ3) is 4.43. The lowest BCUT2D eigenvalue weighted by molar-refractivity contribution is -0.123. The lowest BCUT2D eigenvalue weighted by Crippen LogP contribution is -2.40. The first-order chi connectivity index (χ1) is 16.1. The SMILES string of the molecule is CCn1c(N2CCCC(C)C2)c(/C=C2\SC(=S)N(C3CCS(=O)(=O)C3)C2=O)c(C)c(C#N)c1=O. The second kappa shape index (κ2) is 9.47. The van der Waals surface area contributed by atoms with Crippen LogP contribution in [0.2, 0.25) is 0 Å². The molecule has 1 aromatic rings. The summed E-state index contributed by atoms with van der Waals surface area (Å²) in [5, 5.41) is 9.72. The Morgan fingerprint density at radius 1 is 1.29 bits per heavy atom. The summed E-state index contributed by atoms with van der Waals surface area (Å²) < 4.78 is 25.9. The summed E-state index contributed by atoms with van der Waals surface area (Å²) in [5.41, 5.74) is 0.960. The number of thioether (sulfide) groups is 1. The first-order valence-electron chi connectivity index (χ1n) is 11.5. The van der Waals surface area contributed by atoms with Crippen molar-refractivity contribution in [1.29, 1.82) is 5.26 Å². The number of thiocarbonyl (C=S) groups is 1. The van der Waals surface area contributed by atoms with Gasteiger partial charge in [0.1, 0.15) is 21.8 Å². The van der Waals surface area contributed by atoms with E-state index in [2.05, 4.69) is 11.8 Å². The number of hydrogen-bond acceptors (Lipinski definition) is 8. The summed E-state index contributed by atoms with van der Waals surface area (Å²) in [6.07, 6.45) is 4.21. The third-order valence-electron chi connectivity index (χ3n) is 6.79. The normalized spacial score (nSPS) is 25.9. The number of amides is 1. The number of nitriles is 1. The zero-order valence-electron chi connectivity index (χ0n) is 19.5. The van der Waals surface area contributed by atoms with E-state index in [0.29, 0.717) is 39.2 Å². The van der Waals surface area contributed by atoms with E-state index in [-0.39, 0.29) is 28.5 Å². The van der Waals surface area contributed by atoms with Crippen molar-refractivity contribution in [2.75, 3.05) is 29.5 Å². The van der Waals surface area contributed by atoms with Gasteiger partial charge in [-0.25, -0.2) is 8.42 Å². The molecule has 4 rings (SSSR count). The van der Waals surface area contributed by atoms with E-state index >= 15 is 0 Å². The van der Waals surface area contributed by atoms with Crippen LogP contribution in [0.1, 0.15) is 49.8 Å². The molecule has 0 aliphatic carbocycles. The van der Waals surface area contributed by atoms with Gasteiger partial charge in [-0.2, -0.15) is 5.26 Å². The molecular formula is C23H28N4O4S3. The van der Waals surface area contributed by atoms with Gasteiger partial charge in [0.2, 0.25) is 0 Å². The maximum absolute atomic E-state index is 13.4. The predicted octanol–water partition coefficient (Wildman–Crippen LogP) is 2.67. The van der Waals surface area contributed by atoms with Crippen molar-refractivity contribution in [1.82, 2.24) is 9.47 Å². The molecule has 34 heavy (non-hydrogen) atoms. The Bertz CT molecular complexity index is 1290. The van der Waals surface area contributed by atoms with E-state index in [1.54, 1.807) is 17.6 Å². The first-order valence-corrected chi connectivity index (χ1v) is 14.5. The average molecular weight is 521 g/mol. The number of rotatable bonds is 4. The molecular weight excluding hydrogens is 492 g/mol. The number of anilines is 1. The van der Waals surface area contributed by atoms with Crippen molar-refractivity contribution in [3.8, 4) is 6.07 Å². The van der Waals surface area contributed by atoms with E-state index < -0.39 is 15.9 Å². The topological polar surface area (TPSA) is 103 Å². The Hall–Kier alpha value is -2.16. The molecule has 2 unspecified atom stereocenters. The second-order valence-electron chi connectivity index (χ2n) is 9.20. The molecule has 0 saturated carbocycles. The number of hydrogen-bond donors (Lipinski definition) is 0. The predicted molar refractivity (Wildman–Crippen MR) is 139 cm³/mol. The molecule has 0 N–H and O–H groups in total. The van der Waals surface area contributed by atoms with E-state index in [1.807, 2.05) is 13.0 Å². The fraction of sp³-hybridized carbons (Fsp3) is 0.565. The second-order valence-corrected chi connectivity index (χ2v) is 13.1. The Morgan fingerprint density at radius 3 is 2.62 bits per heavy atom. The third-order valence-corrected chi connectivity index (χ3v) is 9.87. The minimum Gasteiger partial charge on any atom is -0.357 e. The zero-order chi connectivity index (χ0) is 24.8. The monoisotopic (exact) mass is 520 g/mol. The van der Waals surface area contributed by atoms with E-state index in [0.717, 1.165) is 43.5 Å². The summed E-state index contributed by atoms with van der Waals surface area (Å²) in [6, 6.07) is 1.60. The summed E-state index contributed by atoms with van der Waals surface area (Å²) in [6.45, 7) is 7.77. The molecule has 0 bridgehead atoms. The fourth-order valence-corrected chi connectivity index (χ4v) is 8.15. The number of nitrogens with zero attached hydrogens (tertiary/aromatic N) is 4. The van der Waals surface area contributed by atoms with Gasteiger partial charge in [-0.3, -0.25) is 19.1 Å². The molecule has 4 heterocycles. The molecule has 3 aliphatic heterocycles. The molecule has 0 radical (unpaired) electrons. The van der Waals surface area contributed by atoms with Crippen molar-refractivity contribution < 1.29 is 13.2 Å². The molecule has 8 nitrogen and oxygen atoms in total. The quantitative estimate of drug-likeness (QED) is 0.441. The average Bonchev–Trinajstić information content (AvgIpc) is 3.27. The smallest absolute Gasteiger partial charge is 0.270 e. The molecule has 3 aliphatic rings. The lowest BCUT2D eigenvalue weighted by Gasteiger charge is -2.35. The van der Waals surface area contributed by atoms with Gasteiger partial charge in [0.05, 0.1) is 22.5 Å². The van der Waals surface area contributed by atoms with Crippen LogP contribution >= 0.6 is 24.0 Å². The maximum Gasteiger partial charge on any atom is 0.270 e. The van der Waals surface area contributed by atoms with Gasteiger partial charge in [-0.1, -0.05) is 30.9 Å². The number of carbonyl (C=O) groups is 1. The highest BCUT2D eigenvalue weighted by molar-refractivity contribution is 8.26. The minimum absolute atomic E-state index is 0.0527. The summed E-state index contributed by atoms with van der Waals surface area (Å²) in [5.74, 6) is 0.839. The Morgan fingerprint density at radius 2 is 2.03 bits per heavy atom. The van der Waals surface area contributed by atoms with Gasteiger partial charge in [0.25, 0.3) is 11.5 Å². The minimum atomic E-state index is -3.18. The number of sulfone groups is 1. The van der Waals surface area contributed by atoms with Gasteiger partial charge in [0.15, 0.2) is 9.84 Å². The number of pyridine rings is 1. The van der Waals surface area contributed by atoms with Crippen LogP contribution in [0.5, 0.6) is 0 Å². The molecule has 3 saturated heterocycles. The largest absolute Gasteiger partial charge is 0.357 e. The number of piperidine rings is 1. The standard InChI is InChI=1S/C23H28N4O4S3/c1-4-26-20(25-8-5-6-14(2)12-25)17(15(3)18(11-24)21(26)28)10-19-22(29)27(23(32)33-19)16-7-9-34(30,31)13-16/h10,14,16H,4-9,12-13H2,1-3H3/b19-10-. The van der Waals surface area contributed by atoms with Crippen molar-refractivity contribution in [3.05, 3.63) is 31.9 Å². The highest BCUT2D eigenvalue weighted by Crippen LogP contribution is 2.39. The van der Waals surface area contributed by atoms with Crippen LogP contribution in [0.3, 0.4) is 0 Å². The Labute approximate surface area is 209 Å². The molecule has 1 amide bonds. The van der Waals surface area contributed by atoms with Crippen LogP contribution in [0, 0.1) is 24.2 Å². The molecule has 11 heteroatoms. The number of carbonyl (C=O) groups excluding carboxylic acids is 1. The summed E-state index contributed by atoms with van der Waals surface area (Å²) in [4.78, 5) is 30.5. The van der Waals surface area contributed by atoms with Crippen LogP contribution in [-0.2, 0) is 21.2 Å². The van der Waals surface area contributed by atoms with Crippen LogP contribution < -0.4 is 10.5 Å². The molecule has 3 fully saturated rings. The van der Waals surface area contributed by atoms with Gasteiger partial charge < -0.3 is 4.90 Å².